The number of anilines is 2. The van der Waals surface area contributed by atoms with Crippen molar-refractivity contribution in [2.45, 2.75) is 19.9 Å². The highest BCUT2D eigenvalue weighted by atomic mass is 19.1. The monoisotopic (exact) mass is 329 g/mol. The van der Waals surface area contributed by atoms with E-state index in [-0.39, 0.29) is 11.9 Å². The molecule has 0 bridgehead atoms. The molecule has 0 radical (unpaired) electrons. The van der Waals surface area contributed by atoms with E-state index in [4.69, 9.17) is 4.74 Å². The number of pyridine rings is 1. The predicted octanol–water partition coefficient (Wildman–Crippen LogP) is 3.70. The molecule has 0 saturated carbocycles. The molecule has 2 aromatic rings. The smallest absolute Gasteiger partial charge is 0.248 e. The van der Waals surface area contributed by atoms with Crippen LogP contribution in [0.1, 0.15) is 19.4 Å². The molecule has 1 aromatic carbocycles. The van der Waals surface area contributed by atoms with Crippen LogP contribution in [-0.2, 0) is 4.79 Å². The Morgan fingerprint density at radius 2 is 2.04 bits per heavy atom. The maximum absolute atomic E-state index is 13.4. The summed E-state index contributed by atoms with van der Waals surface area (Å²) < 4.78 is 18.5. The number of carbonyl (C=O) groups excluding carboxylic acids is 1. The van der Waals surface area contributed by atoms with Crippen LogP contribution in [0.15, 0.2) is 42.7 Å². The molecule has 24 heavy (non-hydrogen) atoms. The van der Waals surface area contributed by atoms with Gasteiger partial charge in [-0.1, -0.05) is 0 Å². The van der Waals surface area contributed by atoms with Gasteiger partial charge < -0.3 is 15.4 Å². The standard InChI is InChI=1S/C18H20FN3O2/c1-12(2)21-16-6-5-14(19)9-17(16)22-18(23)7-4-13-8-15(24-3)11-20-10-13/h4-12,21H,1-3H3,(H,22,23). The number of hydrogen-bond acceptors (Lipinski definition) is 4. The van der Waals surface area contributed by atoms with Gasteiger partial charge in [0.05, 0.1) is 24.7 Å². The number of nitrogens with zero attached hydrogens (tertiary/aromatic N) is 1. The summed E-state index contributed by atoms with van der Waals surface area (Å²) in [7, 11) is 1.55. The fourth-order valence-corrected chi connectivity index (χ4v) is 2.04. The molecule has 5 nitrogen and oxygen atoms in total. The average molecular weight is 329 g/mol. The molecule has 0 aliphatic heterocycles. The number of rotatable bonds is 6. The number of methoxy groups -OCH3 is 1. The van der Waals surface area contributed by atoms with Crippen molar-refractivity contribution in [2.24, 2.45) is 0 Å². The molecular weight excluding hydrogens is 309 g/mol. The first-order valence-electron chi connectivity index (χ1n) is 7.52. The quantitative estimate of drug-likeness (QED) is 0.793. The van der Waals surface area contributed by atoms with Gasteiger partial charge in [0, 0.05) is 18.3 Å². The van der Waals surface area contributed by atoms with Gasteiger partial charge in [0.2, 0.25) is 5.91 Å². The third kappa shape index (κ3) is 5.08. The van der Waals surface area contributed by atoms with Crippen LogP contribution in [-0.4, -0.2) is 24.0 Å². The molecule has 0 aliphatic rings. The zero-order valence-electron chi connectivity index (χ0n) is 13.8. The van der Waals surface area contributed by atoms with Crippen molar-refractivity contribution >= 4 is 23.4 Å². The van der Waals surface area contributed by atoms with Gasteiger partial charge in [-0.25, -0.2) is 4.39 Å². The molecule has 0 saturated heterocycles. The number of nitrogens with one attached hydrogen (secondary N) is 2. The zero-order valence-corrected chi connectivity index (χ0v) is 13.8. The van der Waals surface area contributed by atoms with Gasteiger partial charge in [-0.3, -0.25) is 9.78 Å². The lowest BCUT2D eigenvalue weighted by Gasteiger charge is -2.15. The number of carbonyl (C=O) groups is 1. The fourth-order valence-electron chi connectivity index (χ4n) is 2.04. The van der Waals surface area contributed by atoms with Gasteiger partial charge in [-0.05, 0) is 49.8 Å². The third-order valence-corrected chi connectivity index (χ3v) is 3.08. The summed E-state index contributed by atoms with van der Waals surface area (Å²) in [5.74, 6) is -0.179. The molecule has 2 rings (SSSR count). The number of aromatic nitrogens is 1. The maximum Gasteiger partial charge on any atom is 0.248 e. The maximum atomic E-state index is 13.4. The molecule has 0 unspecified atom stereocenters. The van der Waals surface area contributed by atoms with Crippen LogP contribution in [0.3, 0.4) is 0 Å². The first kappa shape index (κ1) is 17.5. The summed E-state index contributed by atoms with van der Waals surface area (Å²) in [6.07, 6.45) is 6.16. The molecule has 0 aliphatic carbocycles. The predicted molar refractivity (Wildman–Crippen MR) is 93.6 cm³/mol. The Bertz CT molecular complexity index is 745. The van der Waals surface area contributed by atoms with Crippen LogP contribution in [0.2, 0.25) is 0 Å². The molecule has 2 N–H and O–H groups in total. The van der Waals surface area contributed by atoms with E-state index in [1.165, 1.54) is 18.2 Å². The Balaban J connectivity index is 2.11. The van der Waals surface area contributed by atoms with E-state index in [1.807, 2.05) is 13.8 Å². The largest absolute Gasteiger partial charge is 0.495 e. The zero-order chi connectivity index (χ0) is 17.5. The molecule has 1 amide bonds. The first-order chi connectivity index (χ1) is 11.5. The number of ether oxygens (including phenoxy) is 1. The van der Waals surface area contributed by atoms with Crippen molar-refractivity contribution in [2.75, 3.05) is 17.7 Å². The van der Waals surface area contributed by atoms with Crippen LogP contribution in [0.4, 0.5) is 15.8 Å². The van der Waals surface area contributed by atoms with E-state index in [9.17, 15) is 9.18 Å². The number of benzene rings is 1. The van der Waals surface area contributed by atoms with Crippen molar-refractivity contribution in [1.82, 2.24) is 4.98 Å². The molecule has 6 heteroatoms. The first-order valence-corrected chi connectivity index (χ1v) is 7.52. The van der Waals surface area contributed by atoms with E-state index in [1.54, 1.807) is 37.7 Å². The van der Waals surface area contributed by atoms with Crippen LogP contribution >= 0.6 is 0 Å². The molecule has 1 aromatic heterocycles. The van der Waals surface area contributed by atoms with Crippen molar-refractivity contribution in [3.8, 4) is 5.75 Å². The average Bonchev–Trinajstić information content (AvgIpc) is 2.55. The minimum absolute atomic E-state index is 0.157. The summed E-state index contributed by atoms with van der Waals surface area (Å²) in [5, 5.41) is 5.84. The molecule has 0 spiro atoms. The number of hydrogen-bond donors (Lipinski definition) is 2. The minimum atomic E-state index is -0.416. The van der Waals surface area contributed by atoms with Gasteiger partial charge in [0.25, 0.3) is 0 Å². The van der Waals surface area contributed by atoms with Crippen molar-refractivity contribution < 1.29 is 13.9 Å². The molecular formula is C18H20FN3O2. The van der Waals surface area contributed by atoms with Gasteiger partial charge in [-0.15, -0.1) is 0 Å². The lowest BCUT2D eigenvalue weighted by Crippen LogP contribution is -2.14. The van der Waals surface area contributed by atoms with Crippen LogP contribution in [0, 0.1) is 5.82 Å². The van der Waals surface area contributed by atoms with Crippen LogP contribution < -0.4 is 15.4 Å². The van der Waals surface area contributed by atoms with Gasteiger partial charge in [0.15, 0.2) is 0 Å². The fraction of sp³-hybridized carbons (Fsp3) is 0.222. The third-order valence-electron chi connectivity index (χ3n) is 3.08. The Morgan fingerprint density at radius 1 is 1.25 bits per heavy atom. The second-order valence-electron chi connectivity index (χ2n) is 5.47. The minimum Gasteiger partial charge on any atom is -0.495 e. The highest BCUT2D eigenvalue weighted by molar-refractivity contribution is 6.03. The van der Waals surface area contributed by atoms with Gasteiger partial charge in [-0.2, -0.15) is 0 Å². The lowest BCUT2D eigenvalue weighted by molar-refractivity contribution is -0.111. The lowest BCUT2D eigenvalue weighted by atomic mass is 10.2. The van der Waals surface area contributed by atoms with Crippen molar-refractivity contribution in [1.29, 1.82) is 0 Å². The summed E-state index contributed by atoms with van der Waals surface area (Å²) >= 11 is 0. The second kappa shape index (κ2) is 8.10. The molecule has 0 atom stereocenters. The van der Waals surface area contributed by atoms with Gasteiger partial charge >= 0.3 is 0 Å². The molecule has 0 fully saturated rings. The Hall–Kier alpha value is -2.89. The normalized spacial score (nSPS) is 10.9. The summed E-state index contributed by atoms with van der Waals surface area (Å²) in [5.41, 5.74) is 1.78. The number of halogens is 1. The Labute approximate surface area is 140 Å². The topological polar surface area (TPSA) is 63.2 Å². The Kier molecular flexibility index (Phi) is 5.89. The van der Waals surface area contributed by atoms with Crippen LogP contribution in [0.25, 0.3) is 6.08 Å². The second-order valence-corrected chi connectivity index (χ2v) is 5.47. The highest BCUT2D eigenvalue weighted by Crippen LogP contribution is 2.23. The summed E-state index contributed by atoms with van der Waals surface area (Å²) in [4.78, 5) is 16.1. The van der Waals surface area contributed by atoms with E-state index in [2.05, 4.69) is 15.6 Å². The van der Waals surface area contributed by atoms with E-state index < -0.39 is 5.82 Å². The Morgan fingerprint density at radius 3 is 2.75 bits per heavy atom. The van der Waals surface area contributed by atoms with Crippen molar-refractivity contribution in [3.05, 3.63) is 54.1 Å². The van der Waals surface area contributed by atoms with Gasteiger partial charge in [0.1, 0.15) is 11.6 Å². The van der Waals surface area contributed by atoms with E-state index >= 15 is 0 Å². The summed E-state index contributed by atoms with van der Waals surface area (Å²) in [6.45, 7) is 3.93. The van der Waals surface area contributed by atoms with Crippen molar-refractivity contribution in [3.63, 3.8) is 0 Å². The highest BCUT2D eigenvalue weighted by Gasteiger charge is 2.07. The molecule has 126 valence electrons. The number of amides is 1. The van der Waals surface area contributed by atoms with E-state index in [0.29, 0.717) is 17.1 Å². The summed E-state index contributed by atoms with van der Waals surface area (Å²) in [6, 6.07) is 6.14. The van der Waals surface area contributed by atoms with E-state index in [0.717, 1.165) is 5.56 Å². The molecule has 1 heterocycles. The van der Waals surface area contributed by atoms with Crippen LogP contribution in [0.5, 0.6) is 5.75 Å². The SMILES string of the molecule is COc1cncc(C=CC(=O)Nc2cc(F)ccc2NC(C)C)c1.